The van der Waals surface area contributed by atoms with E-state index in [9.17, 15) is 4.79 Å². The molecule has 96 valence electrons. The maximum absolute atomic E-state index is 12.2. The van der Waals surface area contributed by atoms with Crippen LogP contribution < -0.4 is 5.32 Å². The first-order valence-corrected chi connectivity index (χ1v) is 6.03. The fourth-order valence-electron chi connectivity index (χ4n) is 1.98. The van der Waals surface area contributed by atoms with E-state index in [1.54, 1.807) is 6.20 Å². The number of nitrogens with one attached hydrogen (secondary N) is 2. The smallest absolute Gasteiger partial charge is 0.253 e. The molecule has 0 atom stereocenters. The molecule has 0 saturated carbocycles. The molecule has 2 aromatic rings. The number of hydrogen-bond donors (Lipinski definition) is 3. The van der Waals surface area contributed by atoms with Gasteiger partial charge in [0.25, 0.3) is 5.91 Å². The molecular formula is C14H18N2O2. The summed E-state index contributed by atoms with van der Waals surface area (Å²) in [7, 11) is 0. The van der Waals surface area contributed by atoms with E-state index >= 15 is 0 Å². The molecule has 0 unspecified atom stereocenters. The van der Waals surface area contributed by atoms with Crippen LogP contribution in [-0.4, -0.2) is 28.1 Å². The van der Waals surface area contributed by atoms with E-state index in [1.807, 2.05) is 38.1 Å². The summed E-state index contributed by atoms with van der Waals surface area (Å²) in [5.41, 5.74) is 1.17. The van der Waals surface area contributed by atoms with E-state index in [4.69, 9.17) is 5.11 Å². The van der Waals surface area contributed by atoms with Crippen molar-refractivity contribution in [3.63, 3.8) is 0 Å². The molecule has 18 heavy (non-hydrogen) atoms. The molecule has 0 aliphatic heterocycles. The lowest BCUT2D eigenvalue weighted by Gasteiger charge is -2.25. The Labute approximate surface area is 106 Å². The summed E-state index contributed by atoms with van der Waals surface area (Å²) >= 11 is 0. The second-order valence-corrected chi connectivity index (χ2v) is 5.06. The Hall–Kier alpha value is -1.81. The second-order valence-electron chi connectivity index (χ2n) is 5.06. The van der Waals surface area contributed by atoms with Crippen molar-refractivity contribution in [2.75, 3.05) is 6.61 Å². The Morgan fingerprint density at radius 3 is 2.83 bits per heavy atom. The Morgan fingerprint density at radius 2 is 2.11 bits per heavy atom. The predicted molar refractivity (Wildman–Crippen MR) is 71.5 cm³/mol. The first-order chi connectivity index (χ1) is 8.53. The standard InChI is InChI=1S/C14H18N2O2/c1-14(2,7-8-17)16-13(18)11-9-15-12-6-4-3-5-10(11)12/h3-6,9,15,17H,7-8H2,1-2H3,(H,16,18). The maximum Gasteiger partial charge on any atom is 0.253 e. The third-order valence-corrected chi connectivity index (χ3v) is 3.02. The summed E-state index contributed by atoms with van der Waals surface area (Å²) < 4.78 is 0. The van der Waals surface area contributed by atoms with Gasteiger partial charge in [-0.15, -0.1) is 0 Å². The van der Waals surface area contributed by atoms with Gasteiger partial charge in [0, 0.05) is 29.2 Å². The fraction of sp³-hybridized carbons (Fsp3) is 0.357. The van der Waals surface area contributed by atoms with Gasteiger partial charge >= 0.3 is 0 Å². The Balaban J connectivity index is 2.24. The van der Waals surface area contributed by atoms with Gasteiger partial charge in [-0.1, -0.05) is 18.2 Å². The number of aliphatic hydroxyl groups excluding tert-OH is 1. The van der Waals surface area contributed by atoms with Gasteiger partial charge in [0.15, 0.2) is 0 Å². The first kappa shape index (κ1) is 12.6. The van der Waals surface area contributed by atoms with Gasteiger partial charge in [-0.3, -0.25) is 4.79 Å². The van der Waals surface area contributed by atoms with Crippen LogP contribution in [-0.2, 0) is 0 Å². The maximum atomic E-state index is 12.2. The van der Waals surface area contributed by atoms with Gasteiger partial charge in [0.2, 0.25) is 0 Å². The van der Waals surface area contributed by atoms with Crippen LogP contribution in [0.2, 0.25) is 0 Å². The first-order valence-electron chi connectivity index (χ1n) is 6.03. The largest absolute Gasteiger partial charge is 0.396 e. The molecule has 2 rings (SSSR count). The van der Waals surface area contributed by atoms with E-state index in [-0.39, 0.29) is 12.5 Å². The van der Waals surface area contributed by atoms with Gasteiger partial charge in [-0.2, -0.15) is 0 Å². The number of aromatic nitrogens is 1. The summed E-state index contributed by atoms with van der Waals surface area (Å²) in [6.07, 6.45) is 2.25. The van der Waals surface area contributed by atoms with Crippen molar-refractivity contribution < 1.29 is 9.90 Å². The number of rotatable bonds is 4. The summed E-state index contributed by atoms with van der Waals surface area (Å²) in [6, 6.07) is 7.69. The summed E-state index contributed by atoms with van der Waals surface area (Å²) in [5.74, 6) is -0.120. The third kappa shape index (κ3) is 2.54. The SMILES string of the molecule is CC(C)(CCO)NC(=O)c1c[nH]c2ccccc12. The normalized spacial score (nSPS) is 11.7. The van der Waals surface area contributed by atoms with Gasteiger partial charge in [0.1, 0.15) is 0 Å². The van der Waals surface area contributed by atoms with Crippen LogP contribution in [0.5, 0.6) is 0 Å². The third-order valence-electron chi connectivity index (χ3n) is 3.02. The number of carbonyl (C=O) groups is 1. The average Bonchev–Trinajstić information content (AvgIpc) is 2.71. The van der Waals surface area contributed by atoms with Crippen molar-refractivity contribution in [1.82, 2.24) is 10.3 Å². The van der Waals surface area contributed by atoms with Crippen LogP contribution in [0, 0.1) is 0 Å². The molecule has 1 heterocycles. The van der Waals surface area contributed by atoms with Gasteiger partial charge in [-0.25, -0.2) is 0 Å². The Morgan fingerprint density at radius 1 is 1.39 bits per heavy atom. The minimum atomic E-state index is -0.412. The van der Waals surface area contributed by atoms with Crippen molar-refractivity contribution in [1.29, 1.82) is 0 Å². The summed E-state index contributed by atoms with van der Waals surface area (Å²) in [4.78, 5) is 15.3. The molecule has 0 aliphatic carbocycles. The predicted octanol–water partition coefficient (Wildman–Crippen LogP) is 2.06. The molecular weight excluding hydrogens is 228 g/mol. The number of aliphatic hydroxyl groups is 1. The molecule has 0 bridgehead atoms. The van der Waals surface area contributed by atoms with E-state index in [0.717, 1.165) is 10.9 Å². The number of benzene rings is 1. The van der Waals surface area contributed by atoms with Crippen LogP contribution in [0.15, 0.2) is 30.5 Å². The monoisotopic (exact) mass is 246 g/mol. The van der Waals surface area contributed by atoms with Gasteiger partial charge in [0.05, 0.1) is 5.56 Å². The van der Waals surface area contributed by atoms with E-state index in [1.165, 1.54) is 0 Å². The summed E-state index contributed by atoms with van der Waals surface area (Å²) in [5, 5.41) is 12.8. The van der Waals surface area contributed by atoms with E-state index < -0.39 is 5.54 Å². The molecule has 1 aromatic carbocycles. The number of fused-ring (bicyclic) bond motifs is 1. The molecule has 0 fully saturated rings. The van der Waals surface area contributed by atoms with E-state index in [2.05, 4.69) is 10.3 Å². The van der Waals surface area contributed by atoms with Crippen LogP contribution in [0.4, 0.5) is 0 Å². The highest BCUT2D eigenvalue weighted by molar-refractivity contribution is 6.06. The lowest BCUT2D eigenvalue weighted by molar-refractivity contribution is 0.0901. The zero-order valence-corrected chi connectivity index (χ0v) is 10.7. The number of H-pyrrole nitrogens is 1. The number of amides is 1. The molecule has 1 amide bonds. The molecule has 4 heteroatoms. The second kappa shape index (κ2) is 4.82. The van der Waals surface area contributed by atoms with Crippen LogP contribution >= 0.6 is 0 Å². The van der Waals surface area contributed by atoms with Crippen LogP contribution in [0.3, 0.4) is 0 Å². The van der Waals surface area contributed by atoms with Gasteiger partial charge in [-0.05, 0) is 26.3 Å². The minimum Gasteiger partial charge on any atom is -0.396 e. The molecule has 0 aliphatic rings. The quantitative estimate of drug-likeness (QED) is 0.773. The highest BCUT2D eigenvalue weighted by Crippen LogP contribution is 2.18. The molecule has 4 nitrogen and oxygen atoms in total. The summed E-state index contributed by atoms with van der Waals surface area (Å²) in [6.45, 7) is 3.85. The van der Waals surface area contributed by atoms with Crippen molar-refractivity contribution >= 4 is 16.8 Å². The number of hydrogen-bond acceptors (Lipinski definition) is 2. The highest BCUT2D eigenvalue weighted by atomic mass is 16.3. The topological polar surface area (TPSA) is 65.1 Å². The number of carbonyl (C=O) groups excluding carboxylic acids is 1. The lowest BCUT2D eigenvalue weighted by Crippen LogP contribution is -2.43. The minimum absolute atomic E-state index is 0.0567. The number of aromatic amines is 1. The molecule has 3 N–H and O–H groups in total. The van der Waals surface area contributed by atoms with Crippen molar-refractivity contribution in [2.24, 2.45) is 0 Å². The van der Waals surface area contributed by atoms with Gasteiger partial charge < -0.3 is 15.4 Å². The highest BCUT2D eigenvalue weighted by Gasteiger charge is 2.21. The van der Waals surface area contributed by atoms with Crippen LogP contribution in [0.1, 0.15) is 30.6 Å². The number of para-hydroxylation sites is 1. The van der Waals surface area contributed by atoms with Crippen molar-refractivity contribution in [3.05, 3.63) is 36.0 Å². The van der Waals surface area contributed by atoms with Crippen LogP contribution in [0.25, 0.3) is 10.9 Å². The zero-order chi connectivity index (χ0) is 13.2. The van der Waals surface area contributed by atoms with E-state index in [0.29, 0.717) is 12.0 Å². The fourth-order valence-corrected chi connectivity index (χ4v) is 1.98. The Kier molecular flexibility index (Phi) is 3.39. The molecule has 0 saturated heterocycles. The average molecular weight is 246 g/mol. The lowest BCUT2D eigenvalue weighted by atomic mass is 10.0. The zero-order valence-electron chi connectivity index (χ0n) is 10.7. The molecule has 0 spiro atoms. The van der Waals surface area contributed by atoms with Crippen molar-refractivity contribution in [2.45, 2.75) is 25.8 Å². The molecule has 1 aromatic heterocycles. The van der Waals surface area contributed by atoms with Crippen molar-refractivity contribution in [3.8, 4) is 0 Å². The molecule has 0 radical (unpaired) electrons. The Bertz CT molecular complexity index is 558.